The molecule has 1 amide bonds. The van der Waals surface area contributed by atoms with E-state index in [1.54, 1.807) is 16.2 Å². The maximum Gasteiger partial charge on any atom is 0.254 e. The van der Waals surface area contributed by atoms with Crippen molar-refractivity contribution >= 4 is 24.0 Å². The van der Waals surface area contributed by atoms with Gasteiger partial charge in [0, 0.05) is 30.3 Å². The van der Waals surface area contributed by atoms with Crippen LogP contribution in [0.25, 0.3) is 0 Å². The van der Waals surface area contributed by atoms with Gasteiger partial charge in [0.05, 0.1) is 0 Å². The van der Waals surface area contributed by atoms with Crippen LogP contribution in [-0.2, 0) is 11.3 Å². The highest BCUT2D eigenvalue weighted by atomic mass is 32.1. The summed E-state index contributed by atoms with van der Waals surface area (Å²) in [6.45, 7) is 12.3. The standard InChI is InChI=1S/C19H27N3OS/c1-13(2)16(14(3)17(20-5)21-19(4)8-9-19)18(23)22(6)11-15-7-10-24-12-15/h7,10,12,21H,5,8-9,11H2,1-4,6H3/b17-14-. The number of carbonyl (C=O) groups excluding carboxylic acids is 1. The van der Waals surface area contributed by atoms with Gasteiger partial charge in [0.2, 0.25) is 0 Å². The maximum atomic E-state index is 13.0. The molecule has 1 aromatic heterocycles. The predicted octanol–water partition coefficient (Wildman–Crippen LogP) is 4.12. The van der Waals surface area contributed by atoms with Gasteiger partial charge in [-0.1, -0.05) is 5.57 Å². The molecule has 1 heterocycles. The fraction of sp³-hybridized carbons (Fsp3) is 0.474. The van der Waals surface area contributed by atoms with E-state index in [0.717, 1.165) is 29.6 Å². The minimum atomic E-state index is 0.0163. The molecule has 1 aliphatic carbocycles. The highest BCUT2D eigenvalue weighted by Crippen LogP contribution is 2.36. The summed E-state index contributed by atoms with van der Waals surface area (Å²) in [5.41, 5.74) is 3.80. The number of aliphatic imine (C=N–C) groups is 1. The number of thiophene rings is 1. The van der Waals surface area contributed by atoms with Crippen molar-refractivity contribution in [1.29, 1.82) is 0 Å². The Bertz CT molecular complexity index is 677. The Hall–Kier alpha value is -1.88. The van der Waals surface area contributed by atoms with Crippen molar-refractivity contribution in [1.82, 2.24) is 10.2 Å². The van der Waals surface area contributed by atoms with Crippen molar-refractivity contribution in [2.75, 3.05) is 7.05 Å². The lowest BCUT2D eigenvalue weighted by Crippen LogP contribution is -2.31. The van der Waals surface area contributed by atoms with Gasteiger partial charge in [-0.3, -0.25) is 4.79 Å². The van der Waals surface area contributed by atoms with Gasteiger partial charge in [-0.15, -0.1) is 0 Å². The summed E-state index contributed by atoms with van der Waals surface area (Å²) in [4.78, 5) is 18.9. The number of hydrogen-bond donors (Lipinski definition) is 1. The van der Waals surface area contributed by atoms with Gasteiger partial charge < -0.3 is 10.2 Å². The highest BCUT2D eigenvalue weighted by molar-refractivity contribution is 7.07. The lowest BCUT2D eigenvalue weighted by Gasteiger charge is -2.22. The first-order valence-electron chi connectivity index (χ1n) is 8.17. The molecule has 24 heavy (non-hydrogen) atoms. The van der Waals surface area contributed by atoms with Crippen LogP contribution in [0.4, 0.5) is 0 Å². The van der Waals surface area contributed by atoms with Crippen LogP contribution in [0.15, 0.2) is 44.4 Å². The molecule has 0 bridgehead atoms. The molecule has 1 aromatic rings. The number of likely N-dealkylation sites (N-methyl/N-ethyl adjacent to an activating group) is 1. The molecule has 0 atom stereocenters. The van der Waals surface area contributed by atoms with Crippen LogP contribution in [0, 0.1) is 0 Å². The largest absolute Gasteiger partial charge is 0.365 e. The van der Waals surface area contributed by atoms with E-state index >= 15 is 0 Å². The average Bonchev–Trinajstić information content (AvgIpc) is 3.03. The molecule has 0 radical (unpaired) electrons. The maximum absolute atomic E-state index is 13.0. The molecule has 4 nitrogen and oxygen atoms in total. The zero-order valence-electron chi connectivity index (χ0n) is 15.3. The monoisotopic (exact) mass is 345 g/mol. The molecule has 1 aliphatic rings. The topological polar surface area (TPSA) is 44.7 Å². The Morgan fingerprint density at radius 2 is 2.08 bits per heavy atom. The first-order chi connectivity index (χ1) is 11.3. The first-order valence-corrected chi connectivity index (χ1v) is 9.12. The van der Waals surface area contributed by atoms with Crippen LogP contribution in [0.3, 0.4) is 0 Å². The van der Waals surface area contributed by atoms with E-state index in [1.807, 2.05) is 39.3 Å². The third kappa shape index (κ3) is 4.35. The second-order valence-corrected chi connectivity index (χ2v) is 7.77. The molecule has 1 fully saturated rings. The quantitative estimate of drug-likeness (QED) is 0.459. The van der Waals surface area contributed by atoms with Gasteiger partial charge in [0.1, 0.15) is 5.82 Å². The molecule has 1 saturated carbocycles. The Morgan fingerprint density at radius 3 is 2.54 bits per heavy atom. The Balaban J connectivity index is 2.25. The predicted molar refractivity (Wildman–Crippen MR) is 102 cm³/mol. The van der Waals surface area contributed by atoms with E-state index in [2.05, 4.69) is 29.3 Å². The van der Waals surface area contributed by atoms with Crippen LogP contribution in [0.2, 0.25) is 0 Å². The minimum absolute atomic E-state index is 0.0163. The van der Waals surface area contributed by atoms with E-state index in [4.69, 9.17) is 0 Å². The smallest absolute Gasteiger partial charge is 0.254 e. The second-order valence-electron chi connectivity index (χ2n) is 6.99. The Kier molecular flexibility index (Phi) is 5.65. The Morgan fingerprint density at radius 1 is 1.42 bits per heavy atom. The van der Waals surface area contributed by atoms with Crippen LogP contribution in [-0.4, -0.2) is 30.1 Å². The molecule has 2 rings (SSSR count). The van der Waals surface area contributed by atoms with Gasteiger partial charge in [-0.05, 0) is 69.6 Å². The molecule has 1 N–H and O–H groups in total. The molecule has 0 aliphatic heterocycles. The van der Waals surface area contributed by atoms with Crippen LogP contribution >= 0.6 is 11.3 Å². The third-order valence-electron chi connectivity index (χ3n) is 4.37. The average molecular weight is 346 g/mol. The zero-order chi connectivity index (χ0) is 17.9. The van der Waals surface area contributed by atoms with Crippen molar-refractivity contribution in [3.8, 4) is 0 Å². The molecular formula is C19H27N3OS. The van der Waals surface area contributed by atoms with Crippen molar-refractivity contribution in [2.45, 2.75) is 52.6 Å². The molecule has 0 saturated heterocycles. The number of amides is 1. The molecule has 5 heteroatoms. The lowest BCUT2D eigenvalue weighted by atomic mass is 10.0. The summed E-state index contributed by atoms with van der Waals surface area (Å²) in [6.07, 6.45) is 2.24. The number of allylic oxidation sites excluding steroid dienone is 1. The van der Waals surface area contributed by atoms with Gasteiger partial charge in [-0.2, -0.15) is 11.3 Å². The number of rotatable bonds is 7. The van der Waals surface area contributed by atoms with E-state index < -0.39 is 0 Å². The molecule has 130 valence electrons. The summed E-state index contributed by atoms with van der Waals surface area (Å²) >= 11 is 1.64. The summed E-state index contributed by atoms with van der Waals surface area (Å²) < 4.78 is 0. The summed E-state index contributed by atoms with van der Waals surface area (Å²) in [7, 11) is 1.84. The fourth-order valence-corrected chi connectivity index (χ4v) is 3.30. The van der Waals surface area contributed by atoms with Crippen molar-refractivity contribution in [3.05, 3.63) is 44.9 Å². The van der Waals surface area contributed by atoms with Gasteiger partial charge >= 0.3 is 0 Å². The van der Waals surface area contributed by atoms with Gasteiger partial charge in [-0.25, -0.2) is 4.99 Å². The number of nitrogens with zero attached hydrogens (tertiary/aromatic N) is 2. The van der Waals surface area contributed by atoms with Crippen molar-refractivity contribution in [2.24, 2.45) is 4.99 Å². The SMILES string of the molecule is C=N/C(NC1(C)CC1)=C(\C)C(C(=O)N(C)Cc1ccsc1)=C(C)C. The first kappa shape index (κ1) is 18.5. The van der Waals surface area contributed by atoms with Crippen molar-refractivity contribution in [3.63, 3.8) is 0 Å². The normalized spacial score (nSPS) is 16.0. The fourth-order valence-electron chi connectivity index (χ4n) is 2.64. The summed E-state index contributed by atoms with van der Waals surface area (Å²) in [5.74, 6) is 0.728. The van der Waals surface area contributed by atoms with Crippen LogP contribution < -0.4 is 5.32 Å². The molecule has 0 unspecified atom stereocenters. The highest BCUT2D eigenvalue weighted by Gasteiger charge is 2.38. The van der Waals surface area contributed by atoms with Crippen LogP contribution in [0.5, 0.6) is 0 Å². The van der Waals surface area contributed by atoms with E-state index in [-0.39, 0.29) is 11.4 Å². The Labute approximate surface area is 149 Å². The number of hydrogen-bond acceptors (Lipinski definition) is 4. The van der Waals surface area contributed by atoms with E-state index in [9.17, 15) is 4.79 Å². The molecule has 0 aromatic carbocycles. The minimum Gasteiger partial charge on any atom is -0.365 e. The summed E-state index contributed by atoms with van der Waals surface area (Å²) in [6, 6.07) is 2.05. The second kappa shape index (κ2) is 7.34. The van der Waals surface area contributed by atoms with E-state index in [1.165, 1.54) is 0 Å². The van der Waals surface area contributed by atoms with Crippen molar-refractivity contribution < 1.29 is 4.79 Å². The van der Waals surface area contributed by atoms with Crippen LogP contribution in [0.1, 0.15) is 46.1 Å². The van der Waals surface area contributed by atoms with Gasteiger partial charge in [0.25, 0.3) is 5.91 Å². The number of carbonyl (C=O) groups is 1. The third-order valence-corrected chi connectivity index (χ3v) is 5.10. The molecular weight excluding hydrogens is 318 g/mol. The number of nitrogens with one attached hydrogen (secondary N) is 1. The van der Waals surface area contributed by atoms with Gasteiger partial charge in [0.15, 0.2) is 0 Å². The lowest BCUT2D eigenvalue weighted by molar-refractivity contribution is -0.126. The summed E-state index contributed by atoms with van der Waals surface area (Å²) in [5, 5.41) is 7.54. The zero-order valence-corrected chi connectivity index (χ0v) is 16.1. The molecule has 0 spiro atoms. The van der Waals surface area contributed by atoms with E-state index in [0.29, 0.717) is 17.9 Å².